The van der Waals surface area contributed by atoms with E-state index in [0.717, 1.165) is 22.3 Å². The Bertz CT molecular complexity index is 2220. The van der Waals surface area contributed by atoms with Crippen LogP contribution in [-0.4, -0.2) is 71.3 Å². The summed E-state index contributed by atoms with van der Waals surface area (Å²) in [6.07, 6.45) is 0.481. The van der Waals surface area contributed by atoms with E-state index in [2.05, 4.69) is 26.6 Å². The van der Waals surface area contributed by atoms with Crippen molar-refractivity contribution in [3.8, 4) is 11.1 Å². The SMILES string of the molecule is O=C1CCNC(=O)c2ccc(cc2)C[C@@H](C(=O)O)NC(=O)[C@@H](Cc2ccccc2)NC(=O)[C@H](Cc2ccc(-c3ccccc3)cc2)NC(=O)[C@@H](CCc2ccccc2)N1. The molecule has 6 N–H and O–H groups in total. The van der Waals surface area contributed by atoms with Crippen molar-refractivity contribution in [1.29, 1.82) is 0 Å². The summed E-state index contributed by atoms with van der Waals surface area (Å²) in [6, 6.07) is 37.2. The van der Waals surface area contributed by atoms with E-state index in [-0.39, 0.29) is 38.6 Å². The first-order valence-corrected chi connectivity index (χ1v) is 19.6. The summed E-state index contributed by atoms with van der Waals surface area (Å²) in [7, 11) is 0. The fourth-order valence-corrected chi connectivity index (χ4v) is 6.90. The smallest absolute Gasteiger partial charge is 0.326 e. The number of hydrogen-bond acceptors (Lipinski definition) is 6. The highest BCUT2D eigenvalue weighted by Crippen LogP contribution is 2.20. The molecule has 0 saturated heterocycles. The van der Waals surface area contributed by atoms with Gasteiger partial charge in [0, 0.05) is 37.8 Å². The Hall–Kier alpha value is -7.08. The van der Waals surface area contributed by atoms with Gasteiger partial charge in [0.05, 0.1) is 0 Å². The molecule has 2 aliphatic rings. The first kappa shape index (κ1) is 41.6. The van der Waals surface area contributed by atoms with Gasteiger partial charge in [-0.05, 0) is 58.4 Å². The monoisotopic (exact) mass is 793 g/mol. The number of aryl methyl sites for hydroxylation is 1. The number of nitrogens with one attached hydrogen (secondary N) is 5. The molecule has 302 valence electrons. The number of rotatable bonds is 9. The second-order valence-electron chi connectivity index (χ2n) is 14.5. The van der Waals surface area contributed by atoms with E-state index >= 15 is 0 Å². The highest BCUT2D eigenvalue weighted by molar-refractivity contribution is 5.96. The first-order chi connectivity index (χ1) is 28.6. The van der Waals surface area contributed by atoms with Crippen LogP contribution in [0.1, 0.15) is 45.5 Å². The minimum atomic E-state index is -1.37. The quantitative estimate of drug-likeness (QED) is 0.121. The van der Waals surface area contributed by atoms with Crippen LogP contribution in [0.5, 0.6) is 0 Å². The molecule has 0 fully saturated rings. The van der Waals surface area contributed by atoms with Gasteiger partial charge in [0.2, 0.25) is 23.6 Å². The van der Waals surface area contributed by atoms with Gasteiger partial charge in [-0.3, -0.25) is 24.0 Å². The van der Waals surface area contributed by atoms with Gasteiger partial charge in [-0.1, -0.05) is 127 Å². The normalized spacial score (nSPS) is 19.6. The van der Waals surface area contributed by atoms with Gasteiger partial charge in [0.15, 0.2) is 0 Å². The Labute approximate surface area is 342 Å². The first-order valence-electron chi connectivity index (χ1n) is 19.6. The van der Waals surface area contributed by atoms with Gasteiger partial charge in [0.25, 0.3) is 5.91 Å². The van der Waals surface area contributed by atoms with Crippen LogP contribution in [0.15, 0.2) is 140 Å². The predicted molar refractivity (Wildman–Crippen MR) is 223 cm³/mol. The molecule has 7 rings (SSSR count). The van der Waals surface area contributed by atoms with Crippen molar-refractivity contribution in [2.75, 3.05) is 6.54 Å². The average Bonchev–Trinajstić information content (AvgIpc) is 3.25. The summed E-state index contributed by atoms with van der Waals surface area (Å²) in [5, 5.41) is 24.0. The maximum Gasteiger partial charge on any atom is 0.326 e. The van der Waals surface area contributed by atoms with Crippen LogP contribution in [0.25, 0.3) is 11.1 Å². The maximum absolute atomic E-state index is 14.4. The summed E-state index contributed by atoms with van der Waals surface area (Å²) in [4.78, 5) is 81.4. The highest BCUT2D eigenvalue weighted by atomic mass is 16.4. The standard InChI is InChI=1S/C47H47N5O7/c53-42-26-27-48-43(54)37-23-18-34(19-24-37)30-41(47(58)59)52-46(57)39(28-32-12-6-2-7-13-32)51-45(56)40(29-33-16-21-36(22-17-33)35-14-8-3-9-15-35)50-44(55)38(49-42)25-20-31-10-4-1-5-11-31/h1-19,21-24,38-41H,20,25-30H2,(H,48,54)(H,49,53)(H,50,55)(H,51,56)(H,52,57)(H,58,59)/t38-,39-,40+,41+/m1/s1. The van der Waals surface area contributed by atoms with Crippen molar-refractivity contribution < 1.29 is 33.9 Å². The van der Waals surface area contributed by atoms with Crippen molar-refractivity contribution in [1.82, 2.24) is 26.6 Å². The number of amides is 5. The van der Waals surface area contributed by atoms with Crippen LogP contribution in [0.4, 0.5) is 0 Å². The van der Waals surface area contributed by atoms with Crippen LogP contribution < -0.4 is 26.6 Å². The Morgan fingerprint density at radius 3 is 1.61 bits per heavy atom. The minimum absolute atomic E-state index is 0.0145. The van der Waals surface area contributed by atoms with Gasteiger partial charge in [0.1, 0.15) is 24.2 Å². The molecule has 0 aromatic heterocycles. The van der Waals surface area contributed by atoms with Crippen molar-refractivity contribution in [2.24, 2.45) is 0 Å². The lowest BCUT2D eigenvalue weighted by molar-refractivity contribution is -0.142. The molecule has 0 unspecified atom stereocenters. The number of carbonyl (C=O) groups excluding carboxylic acids is 5. The molecule has 12 nitrogen and oxygen atoms in total. The topological polar surface area (TPSA) is 183 Å². The van der Waals surface area contributed by atoms with Gasteiger partial charge >= 0.3 is 5.97 Å². The maximum atomic E-state index is 14.4. The van der Waals surface area contributed by atoms with E-state index in [9.17, 15) is 33.9 Å². The van der Waals surface area contributed by atoms with E-state index in [1.165, 1.54) is 12.1 Å². The zero-order valence-corrected chi connectivity index (χ0v) is 32.4. The largest absolute Gasteiger partial charge is 0.480 e. The van der Waals surface area contributed by atoms with Crippen molar-refractivity contribution in [3.63, 3.8) is 0 Å². The van der Waals surface area contributed by atoms with E-state index in [1.54, 1.807) is 36.4 Å². The van der Waals surface area contributed by atoms with Crippen LogP contribution in [-0.2, 0) is 49.7 Å². The van der Waals surface area contributed by atoms with E-state index < -0.39 is 59.7 Å². The third kappa shape index (κ3) is 12.2. The molecule has 0 aliphatic carbocycles. The fourth-order valence-electron chi connectivity index (χ4n) is 6.90. The molecular weight excluding hydrogens is 747 g/mol. The lowest BCUT2D eigenvalue weighted by Crippen LogP contribution is -2.59. The lowest BCUT2D eigenvalue weighted by Gasteiger charge is -2.26. The second kappa shape index (κ2) is 20.4. The van der Waals surface area contributed by atoms with Crippen molar-refractivity contribution >= 4 is 35.5 Å². The molecule has 59 heavy (non-hydrogen) atoms. The molecule has 0 radical (unpaired) electrons. The van der Waals surface area contributed by atoms with Gasteiger partial charge < -0.3 is 31.7 Å². The number of fused-ring (bicyclic) bond motifs is 18. The number of carboxylic acids is 1. The number of benzene rings is 5. The number of aliphatic carboxylic acids is 1. The molecule has 4 atom stereocenters. The molecule has 2 aliphatic heterocycles. The molecular formula is C47H47N5O7. The predicted octanol–water partition coefficient (Wildman–Crippen LogP) is 4.17. The average molecular weight is 794 g/mol. The van der Waals surface area contributed by atoms with Crippen LogP contribution in [0.3, 0.4) is 0 Å². The summed E-state index contributed by atoms with van der Waals surface area (Å²) >= 11 is 0. The minimum Gasteiger partial charge on any atom is -0.480 e. The summed E-state index contributed by atoms with van der Waals surface area (Å²) in [5.74, 6) is -4.22. The zero-order chi connectivity index (χ0) is 41.6. The van der Waals surface area contributed by atoms with Gasteiger partial charge in [-0.25, -0.2) is 4.79 Å². The second-order valence-corrected chi connectivity index (χ2v) is 14.5. The molecule has 5 aromatic rings. The third-order valence-corrected chi connectivity index (χ3v) is 10.2. The molecule has 5 amide bonds. The van der Waals surface area contributed by atoms with Crippen LogP contribution >= 0.6 is 0 Å². The van der Waals surface area contributed by atoms with Crippen LogP contribution in [0.2, 0.25) is 0 Å². The Balaban J connectivity index is 1.33. The number of carboxylic acid groups (broad SMARTS) is 1. The van der Waals surface area contributed by atoms with Gasteiger partial charge in [-0.15, -0.1) is 0 Å². The summed E-state index contributed by atoms with van der Waals surface area (Å²) in [6.45, 7) is -0.0145. The Morgan fingerprint density at radius 1 is 0.525 bits per heavy atom. The lowest BCUT2D eigenvalue weighted by atomic mass is 9.98. The van der Waals surface area contributed by atoms with E-state index in [4.69, 9.17) is 0 Å². The molecule has 5 aromatic carbocycles. The molecule has 12 heteroatoms. The number of carbonyl (C=O) groups is 6. The third-order valence-electron chi connectivity index (χ3n) is 10.2. The highest BCUT2D eigenvalue weighted by Gasteiger charge is 2.32. The Kier molecular flexibility index (Phi) is 14.3. The van der Waals surface area contributed by atoms with Crippen LogP contribution in [0, 0.1) is 0 Å². The van der Waals surface area contributed by atoms with Crippen molar-refractivity contribution in [3.05, 3.63) is 167 Å². The number of hydrogen-bond donors (Lipinski definition) is 6. The van der Waals surface area contributed by atoms with Crippen molar-refractivity contribution in [2.45, 2.75) is 62.7 Å². The molecule has 0 saturated carbocycles. The fraction of sp³-hybridized carbons (Fsp3) is 0.234. The van der Waals surface area contributed by atoms with E-state index in [0.29, 0.717) is 23.1 Å². The summed E-state index contributed by atoms with van der Waals surface area (Å²) in [5.41, 5.74) is 5.17. The zero-order valence-electron chi connectivity index (χ0n) is 32.4. The molecule has 2 bridgehead atoms. The molecule has 2 heterocycles. The Morgan fingerprint density at radius 2 is 1.02 bits per heavy atom. The van der Waals surface area contributed by atoms with E-state index in [1.807, 2.05) is 91.0 Å². The molecule has 0 spiro atoms. The summed E-state index contributed by atoms with van der Waals surface area (Å²) < 4.78 is 0. The van der Waals surface area contributed by atoms with Gasteiger partial charge in [-0.2, -0.15) is 0 Å².